The zero-order valence-electron chi connectivity index (χ0n) is 8.82. The van der Waals surface area contributed by atoms with Crippen molar-refractivity contribution in [3.05, 3.63) is 12.7 Å². The topological polar surface area (TPSA) is 52.6 Å². The van der Waals surface area contributed by atoms with Gasteiger partial charge in [0.1, 0.15) is 0 Å². The largest absolute Gasteiger partial charge is 0.395 e. The molecule has 0 saturated carbocycles. The van der Waals surface area contributed by atoms with Crippen LogP contribution in [0.2, 0.25) is 0 Å². The Labute approximate surface area is 94.7 Å². The van der Waals surface area contributed by atoms with Crippen LogP contribution >= 0.6 is 11.8 Å². The number of aliphatic hydroxyl groups is 1. The van der Waals surface area contributed by atoms with E-state index in [0.717, 1.165) is 18.1 Å². The normalized spacial score (nSPS) is 21.0. The maximum atomic E-state index is 12.0. The van der Waals surface area contributed by atoms with Gasteiger partial charge in [-0.1, -0.05) is 6.08 Å². The van der Waals surface area contributed by atoms with Gasteiger partial charge >= 0.3 is 0 Å². The highest BCUT2D eigenvalue weighted by Gasteiger charge is 2.24. The highest BCUT2D eigenvalue weighted by molar-refractivity contribution is 7.99. The molecule has 1 atom stereocenters. The lowest BCUT2D eigenvalue weighted by Gasteiger charge is -2.28. The van der Waals surface area contributed by atoms with Crippen molar-refractivity contribution in [2.45, 2.75) is 6.04 Å². The second-order valence-corrected chi connectivity index (χ2v) is 4.53. The smallest absolute Gasteiger partial charge is 0.240 e. The molecule has 15 heavy (non-hydrogen) atoms. The first-order valence-electron chi connectivity index (χ1n) is 5.11. The molecule has 0 aromatic carbocycles. The number of carbonyl (C=O) groups is 1. The minimum absolute atomic E-state index is 0.000553. The van der Waals surface area contributed by atoms with E-state index in [1.54, 1.807) is 22.7 Å². The highest BCUT2D eigenvalue weighted by Crippen LogP contribution is 2.09. The molecule has 1 rings (SSSR count). The summed E-state index contributed by atoms with van der Waals surface area (Å²) in [5.41, 5.74) is 0. The lowest BCUT2D eigenvalue weighted by Crippen LogP contribution is -2.51. The van der Waals surface area contributed by atoms with E-state index in [4.69, 9.17) is 5.11 Å². The van der Waals surface area contributed by atoms with E-state index in [-0.39, 0.29) is 18.6 Å². The van der Waals surface area contributed by atoms with Crippen LogP contribution in [-0.2, 0) is 4.79 Å². The summed E-state index contributed by atoms with van der Waals surface area (Å²) in [6.45, 7) is 5.37. The lowest BCUT2D eigenvalue weighted by atomic mass is 10.2. The number of rotatable bonds is 5. The Bertz CT molecular complexity index is 217. The summed E-state index contributed by atoms with van der Waals surface area (Å²) in [6.07, 6.45) is 1.68. The Morgan fingerprint density at radius 1 is 1.73 bits per heavy atom. The Balaban J connectivity index is 2.48. The molecule has 1 heterocycles. The van der Waals surface area contributed by atoms with Gasteiger partial charge in [-0.25, -0.2) is 0 Å². The van der Waals surface area contributed by atoms with Gasteiger partial charge in [-0.3, -0.25) is 4.79 Å². The molecule has 1 aliphatic rings. The van der Waals surface area contributed by atoms with Crippen LogP contribution in [0.25, 0.3) is 0 Å². The van der Waals surface area contributed by atoms with Crippen LogP contribution in [0.5, 0.6) is 0 Å². The Kier molecular flexibility index (Phi) is 5.75. The number of hydrogen-bond donors (Lipinski definition) is 2. The molecule has 0 radical (unpaired) electrons. The zero-order chi connectivity index (χ0) is 11.1. The van der Waals surface area contributed by atoms with Crippen LogP contribution in [0.15, 0.2) is 12.7 Å². The first-order chi connectivity index (χ1) is 7.29. The molecule has 4 nitrogen and oxygen atoms in total. The fourth-order valence-corrected chi connectivity index (χ4v) is 2.44. The Hall–Kier alpha value is -0.520. The van der Waals surface area contributed by atoms with Crippen molar-refractivity contribution >= 4 is 17.7 Å². The molecular weight excluding hydrogens is 212 g/mol. The van der Waals surface area contributed by atoms with E-state index in [9.17, 15) is 4.79 Å². The van der Waals surface area contributed by atoms with Gasteiger partial charge in [-0.15, -0.1) is 6.58 Å². The predicted octanol–water partition coefficient (Wildman–Crippen LogP) is -0.302. The third kappa shape index (κ3) is 3.85. The van der Waals surface area contributed by atoms with E-state index < -0.39 is 0 Å². The quantitative estimate of drug-likeness (QED) is 0.637. The van der Waals surface area contributed by atoms with Crippen molar-refractivity contribution in [3.63, 3.8) is 0 Å². The molecule has 1 amide bonds. The first kappa shape index (κ1) is 12.5. The van der Waals surface area contributed by atoms with Crippen molar-refractivity contribution in [3.8, 4) is 0 Å². The number of aliphatic hydroxyl groups excluding tert-OH is 1. The molecule has 0 aromatic heterocycles. The molecule has 0 spiro atoms. The standard InChI is InChI=1S/C10H18N2O2S/c1-2-4-12(5-6-13)10(14)9-8-15-7-3-11-9/h2,9,11,13H,1,3-8H2. The van der Waals surface area contributed by atoms with Crippen molar-refractivity contribution < 1.29 is 9.90 Å². The number of amides is 1. The third-order valence-corrected chi connectivity index (χ3v) is 3.31. The third-order valence-electron chi connectivity index (χ3n) is 2.25. The van der Waals surface area contributed by atoms with E-state index >= 15 is 0 Å². The van der Waals surface area contributed by atoms with Gasteiger partial charge < -0.3 is 15.3 Å². The summed E-state index contributed by atoms with van der Waals surface area (Å²) in [4.78, 5) is 13.6. The van der Waals surface area contributed by atoms with Gasteiger partial charge in [0, 0.05) is 31.1 Å². The average molecular weight is 230 g/mol. The number of carbonyl (C=O) groups excluding carboxylic acids is 1. The Morgan fingerprint density at radius 2 is 2.53 bits per heavy atom. The minimum atomic E-state index is -0.102. The van der Waals surface area contributed by atoms with E-state index in [2.05, 4.69) is 11.9 Å². The first-order valence-corrected chi connectivity index (χ1v) is 6.26. The molecule has 0 aromatic rings. The molecule has 1 fully saturated rings. The second kappa shape index (κ2) is 6.87. The summed E-state index contributed by atoms with van der Waals surface area (Å²) in [5.74, 6) is 1.94. The van der Waals surface area contributed by atoms with Gasteiger partial charge in [0.25, 0.3) is 0 Å². The van der Waals surface area contributed by atoms with Gasteiger partial charge in [0.05, 0.1) is 12.6 Å². The minimum Gasteiger partial charge on any atom is -0.395 e. The van der Waals surface area contributed by atoms with Gasteiger partial charge in [0.15, 0.2) is 0 Å². The number of hydrogen-bond acceptors (Lipinski definition) is 4. The molecule has 2 N–H and O–H groups in total. The van der Waals surface area contributed by atoms with Crippen molar-refractivity contribution in [1.82, 2.24) is 10.2 Å². The highest BCUT2D eigenvalue weighted by atomic mass is 32.2. The summed E-state index contributed by atoms with van der Waals surface area (Å²) in [5, 5.41) is 12.0. The lowest BCUT2D eigenvalue weighted by molar-refractivity contribution is -0.132. The van der Waals surface area contributed by atoms with Crippen LogP contribution in [0, 0.1) is 0 Å². The molecule has 1 saturated heterocycles. The Morgan fingerprint density at radius 3 is 3.07 bits per heavy atom. The van der Waals surface area contributed by atoms with E-state index in [0.29, 0.717) is 13.1 Å². The van der Waals surface area contributed by atoms with Crippen molar-refractivity contribution in [2.24, 2.45) is 0 Å². The fourth-order valence-electron chi connectivity index (χ4n) is 1.51. The number of thioether (sulfide) groups is 1. The zero-order valence-corrected chi connectivity index (χ0v) is 9.63. The van der Waals surface area contributed by atoms with Crippen LogP contribution in [0.1, 0.15) is 0 Å². The summed E-state index contributed by atoms with van der Waals surface area (Å²) >= 11 is 1.79. The fraction of sp³-hybridized carbons (Fsp3) is 0.700. The van der Waals surface area contributed by atoms with E-state index in [1.807, 2.05) is 0 Å². The van der Waals surface area contributed by atoms with Crippen LogP contribution in [-0.4, -0.2) is 59.7 Å². The van der Waals surface area contributed by atoms with Gasteiger partial charge in [-0.05, 0) is 0 Å². The van der Waals surface area contributed by atoms with Crippen LogP contribution in [0.3, 0.4) is 0 Å². The van der Waals surface area contributed by atoms with Gasteiger partial charge in [0.2, 0.25) is 5.91 Å². The second-order valence-electron chi connectivity index (χ2n) is 3.38. The average Bonchev–Trinajstić information content (AvgIpc) is 2.29. The molecule has 86 valence electrons. The van der Waals surface area contributed by atoms with Gasteiger partial charge in [-0.2, -0.15) is 11.8 Å². The molecule has 1 aliphatic heterocycles. The summed E-state index contributed by atoms with van der Waals surface area (Å²) < 4.78 is 0. The van der Waals surface area contributed by atoms with Crippen molar-refractivity contribution in [1.29, 1.82) is 0 Å². The summed E-state index contributed by atoms with van der Waals surface area (Å²) in [6, 6.07) is -0.102. The van der Waals surface area contributed by atoms with Crippen LogP contribution in [0.4, 0.5) is 0 Å². The molecule has 5 heteroatoms. The number of nitrogens with zero attached hydrogens (tertiary/aromatic N) is 1. The maximum absolute atomic E-state index is 12.0. The SMILES string of the molecule is C=CCN(CCO)C(=O)C1CSCCN1. The summed E-state index contributed by atoms with van der Waals surface area (Å²) in [7, 11) is 0. The molecule has 0 bridgehead atoms. The number of nitrogens with one attached hydrogen (secondary N) is 1. The molecular formula is C10H18N2O2S. The van der Waals surface area contributed by atoms with Crippen LogP contribution < -0.4 is 5.32 Å². The van der Waals surface area contributed by atoms with E-state index in [1.165, 1.54) is 0 Å². The maximum Gasteiger partial charge on any atom is 0.240 e. The molecule has 1 unspecified atom stereocenters. The monoisotopic (exact) mass is 230 g/mol. The van der Waals surface area contributed by atoms with Crippen molar-refractivity contribution in [2.75, 3.05) is 37.7 Å². The predicted molar refractivity (Wildman–Crippen MR) is 63.0 cm³/mol. The molecule has 0 aliphatic carbocycles.